The van der Waals surface area contributed by atoms with Crippen LogP contribution < -0.4 is 0 Å². The van der Waals surface area contributed by atoms with Crippen LogP contribution in [0.25, 0.3) is 0 Å². The minimum Gasteiger partial charge on any atom is -0.301 e. The minimum absolute atomic E-state index is 0.327. The third kappa shape index (κ3) is 4.21. The van der Waals surface area contributed by atoms with Crippen molar-refractivity contribution in [2.75, 3.05) is 0 Å². The first kappa shape index (κ1) is 8.69. The van der Waals surface area contributed by atoms with E-state index in [0.29, 0.717) is 5.66 Å². The van der Waals surface area contributed by atoms with Crippen molar-refractivity contribution in [1.82, 2.24) is 0 Å². The SMILES string of the molecule is CC(C)P(=O)(I)I. The summed E-state index contributed by atoms with van der Waals surface area (Å²) in [6.45, 7) is 3.94. The molecule has 1 nitrogen and oxygen atoms in total. The Morgan fingerprint density at radius 1 is 1.43 bits per heavy atom. The second-order valence-electron chi connectivity index (χ2n) is 1.60. The van der Waals surface area contributed by atoms with Crippen molar-refractivity contribution in [2.45, 2.75) is 19.5 Å². The maximum absolute atomic E-state index is 10.9. The van der Waals surface area contributed by atoms with E-state index >= 15 is 0 Å². The summed E-state index contributed by atoms with van der Waals surface area (Å²) in [6.07, 6.45) is 0. The topological polar surface area (TPSA) is 17.1 Å². The van der Waals surface area contributed by atoms with Crippen molar-refractivity contribution in [3.8, 4) is 0 Å². The summed E-state index contributed by atoms with van der Waals surface area (Å²) in [7, 11) is 0. The van der Waals surface area contributed by atoms with Gasteiger partial charge in [0.2, 0.25) is 0 Å². The molecule has 0 amide bonds. The largest absolute Gasteiger partial charge is 0.301 e. The van der Waals surface area contributed by atoms with Gasteiger partial charge in [0.05, 0.1) is 0 Å². The molecule has 0 radical (unpaired) electrons. The normalized spacial score (nSPS) is 12.7. The Hall–Kier alpha value is 1.69. The third-order valence-corrected chi connectivity index (χ3v) is 8.49. The second-order valence-corrected chi connectivity index (χ2v) is 17.8. The predicted molar refractivity (Wildman–Crippen MR) is 50.8 cm³/mol. The summed E-state index contributed by atoms with van der Waals surface area (Å²) >= 11 is 4.02. The quantitative estimate of drug-likeness (QED) is 0.526. The summed E-state index contributed by atoms with van der Waals surface area (Å²) in [5.41, 5.74) is 0.327. The van der Waals surface area contributed by atoms with Gasteiger partial charge in [0.15, 0.2) is 2.43 Å². The third-order valence-electron chi connectivity index (χ3n) is 0.601. The van der Waals surface area contributed by atoms with Crippen molar-refractivity contribution in [1.29, 1.82) is 0 Å². The van der Waals surface area contributed by atoms with E-state index in [1.54, 1.807) is 0 Å². The Balaban J connectivity index is 3.80. The average molecular weight is 344 g/mol. The van der Waals surface area contributed by atoms with Crippen LogP contribution in [0.4, 0.5) is 0 Å². The molecule has 0 N–H and O–H groups in total. The highest BCUT2D eigenvalue weighted by Crippen LogP contribution is 2.66. The van der Waals surface area contributed by atoms with Gasteiger partial charge < -0.3 is 4.57 Å². The fraction of sp³-hybridized carbons (Fsp3) is 1.00. The predicted octanol–water partition coefficient (Wildman–Crippen LogP) is 3.46. The fourth-order valence-corrected chi connectivity index (χ4v) is 0. The summed E-state index contributed by atoms with van der Waals surface area (Å²) in [5, 5.41) is 0. The maximum atomic E-state index is 10.9. The molecule has 0 aliphatic rings. The van der Waals surface area contributed by atoms with Crippen LogP contribution in [-0.4, -0.2) is 5.66 Å². The maximum Gasteiger partial charge on any atom is 0.200 e. The summed E-state index contributed by atoms with van der Waals surface area (Å²) in [5.74, 6) is 0. The molecule has 4 heteroatoms. The van der Waals surface area contributed by atoms with Crippen LogP contribution in [0.2, 0.25) is 0 Å². The number of hydrogen-bond acceptors (Lipinski definition) is 1. The smallest absolute Gasteiger partial charge is 0.200 e. The fourth-order valence-electron chi connectivity index (χ4n) is 0. The van der Waals surface area contributed by atoms with E-state index in [9.17, 15) is 4.57 Å². The summed E-state index contributed by atoms with van der Waals surface area (Å²) in [6, 6.07) is 0. The molecule has 7 heavy (non-hydrogen) atoms. The Kier molecular flexibility index (Phi) is 3.74. The molecule has 0 bridgehead atoms. The first-order valence-corrected chi connectivity index (χ1v) is 9.28. The van der Waals surface area contributed by atoms with E-state index in [1.807, 2.05) is 57.9 Å². The van der Waals surface area contributed by atoms with Crippen LogP contribution in [-0.2, 0) is 4.57 Å². The molecule has 0 aromatic heterocycles. The monoisotopic (exact) mass is 344 g/mol. The Morgan fingerprint density at radius 2 is 1.57 bits per heavy atom. The van der Waals surface area contributed by atoms with Crippen LogP contribution >= 0.6 is 46.5 Å². The van der Waals surface area contributed by atoms with Crippen LogP contribution in [0.3, 0.4) is 0 Å². The van der Waals surface area contributed by atoms with E-state index in [-0.39, 0.29) is 0 Å². The van der Waals surface area contributed by atoms with Crippen molar-refractivity contribution in [3.05, 3.63) is 0 Å². The van der Waals surface area contributed by atoms with Crippen molar-refractivity contribution >= 4 is 46.5 Å². The van der Waals surface area contributed by atoms with Crippen LogP contribution in [0.5, 0.6) is 0 Å². The minimum atomic E-state index is -1.80. The molecule has 0 aliphatic carbocycles. The Morgan fingerprint density at radius 3 is 1.57 bits per heavy atom. The molecule has 0 saturated heterocycles. The lowest BCUT2D eigenvalue weighted by atomic mass is 10.6. The van der Waals surface area contributed by atoms with Crippen molar-refractivity contribution < 1.29 is 4.57 Å². The molecule has 0 unspecified atom stereocenters. The standard InChI is InChI=1S/C3H7I2OP/c1-3(2)7(4,5)6/h3H,1-2H3. The van der Waals surface area contributed by atoms with Gasteiger partial charge in [-0.15, -0.1) is 0 Å². The van der Waals surface area contributed by atoms with Crippen LogP contribution in [0.1, 0.15) is 13.8 Å². The lowest BCUT2D eigenvalue weighted by molar-refractivity contribution is 0.592. The van der Waals surface area contributed by atoms with Gasteiger partial charge in [0, 0.05) is 49.7 Å². The molecule has 0 rings (SSSR count). The molecule has 0 aliphatic heterocycles. The summed E-state index contributed by atoms with van der Waals surface area (Å²) in [4.78, 5) is 0. The molecule has 0 fully saturated rings. The van der Waals surface area contributed by atoms with E-state index in [2.05, 4.69) is 0 Å². The molecule has 0 aromatic carbocycles. The van der Waals surface area contributed by atoms with Gasteiger partial charge in [-0.1, -0.05) is 13.8 Å². The Bertz CT molecular complexity index is 95.1. The van der Waals surface area contributed by atoms with E-state index in [1.165, 1.54) is 0 Å². The highest BCUT2D eigenvalue weighted by Gasteiger charge is 2.15. The van der Waals surface area contributed by atoms with Gasteiger partial charge in [0.25, 0.3) is 0 Å². The van der Waals surface area contributed by atoms with Gasteiger partial charge in [-0.05, 0) is 0 Å². The lowest BCUT2D eigenvalue weighted by Crippen LogP contribution is -1.82. The number of hydrogen-bond donors (Lipinski definition) is 0. The Labute approximate surface area is 70.0 Å². The van der Waals surface area contributed by atoms with E-state index < -0.39 is 2.43 Å². The molecule has 0 spiro atoms. The van der Waals surface area contributed by atoms with E-state index in [0.717, 1.165) is 0 Å². The molecular formula is C3H7I2OP. The number of rotatable bonds is 1. The van der Waals surface area contributed by atoms with Gasteiger partial charge in [-0.3, -0.25) is 0 Å². The highest BCUT2D eigenvalue weighted by molar-refractivity contribution is 14.3. The molecule has 0 saturated carbocycles. The molecule has 44 valence electrons. The molecule has 0 atom stereocenters. The van der Waals surface area contributed by atoms with Gasteiger partial charge in [0.1, 0.15) is 0 Å². The average Bonchev–Trinajstić information content (AvgIpc) is 1.31. The van der Waals surface area contributed by atoms with Gasteiger partial charge in [-0.2, -0.15) is 0 Å². The zero-order valence-corrected chi connectivity index (χ0v) is 9.40. The first-order chi connectivity index (χ1) is 2.94. The zero-order chi connectivity index (χ0) is 6.08. The molecule has 0 heterocycles. The van der Waals surface area contributed by atoms with Crippen LogP contribution in [0, 0.1) is 0 Å². The summed E-state index contributed by atoms with van der Waals surface area (Å²) < 4.78 is 9.09. The van der Waals surface area contributed by atoms with Crippen molar-refractivity contribution in [3.63, 3.8) is 0 Å². The first-order valence-electron chi connectivity index (χ1n) is 1.93. The zero-order valence-electron chi connectivity index (χ0n) is 4.19. The van der Waals surface area contributed by atoms with E-state index in [4.69, 9.17) is 0 Å². The van der Waals surface area contributed by atoms with Gasteiger partial charge in [-0.25, -0.2) is 0 Å². The highest BCUT2D eigenvalue weighted by atomic mass is 127. The van der Waals surface area contributed by atoms with Crippen LogP contribution in [0.15, 0.2) is 0 Å². The molecular weight excluding hydrogens is 337 g/mol. The molecule has 0 aromatic rings. The van der Waals surface area contributed by atoms with Gasteiger partial charge >= 0.3 is 0 Å². The lowest BCUT2D eigenvalue weighted by Gasteiger charge is -2.03. The second kappa shape index (κ2) is 3.01. The number of halogens is 2. The van der Waals surface area contributed by atoms with Crippen molar-refractivity contribution in [2.24, 2.45) is 0 Å².